The molecule has 1 aliphatic heterocycles. The van der Waals surface area contributed by atoms with Gasteiger partial charge in [-0.1, -0.05) is 42.5 Å². The third-order valence-corrected chi connectivity index (χ3v) is 7.02. The van der Waals surface area contributed by atoms with Crippen molar-refractivity contribution in [2.24, 2.45) is 11.8 Å². The third-order valence-electron chi connectivity index (χ3n) is 7.02. The first-order valence-corrected chi connectivity index (χ1v) is 12.9. The van der Waals surface area contributed by atoms with E-state index in [1.54, 1.807) is 0 Å². The highest BCUT2D eigenvalue weighted by atomic mass is 16.7. The predicted molar refractivity (Wildman–Crippen MR) is 131 cm³/mol. The maximum atomic E-state index is 11.6. The molecule has 1 saturated carbocycles. The number of esters is 1. The number of aryl methyl sites for hydroxylation is 1. The first-order chi connectivity index (χ1) is 16.4. The second-order valence-corrected chi connectivity index (χ2v) is 9.97. The summed E-state index contributed by atoms with van der Waals surface area (Å²) in [6.45, 7) is 4.90. The molecular formula is C28H42O6. The van der Waals surface area contributed by atoms with Gasteiger partial charge in [0.25, 0.3) is 0 Å². The lowest BCUT2D eigenvalue weighted by Gasteiger charge is -2.31. The highest BCUT2D eigenvalue weighted by Gasteiger charge is 2.43. The molecule has 1 aliphatic carbocycles. The molecule has 0 radical (unpaired) electrons. The van der Waals surface area contributed by atoms with Crippen molar-refractivity contribution in [3.8, 4) is 0 Å². The van der Waals surface area contributed by atoms with Gasteiger partial charge in [-0.3, -0.25) is 4.79 Å². The highest BCUT2D eigenvalue weighted by molar-refractivity contribution is 5.69. The van der Waals surface area contributed by atoms with Crippen LogP contribution < -0.4 is 0 Å². The Morgan fingerprint density at radius 1 is 1.09 bits per heavy atom. The topological polar surface area (TPSA) is 85.2 Å². The molecule has 0 spiro atoms. The van der Waals surface area contributed by atoms with Crippen LogP contribution in [0, 0.1) is 11.8 Å². The number of allylic oxidation sites excluding steroid dienone is 2. The molecule has 6 nitrogen and oxygen atoms in total. The van der Waals surface area contributed by atoms with Gasteiger partial charge in [0.1, 0.15) is 0 Å². The number of aliphatic hydroxyl groups is 2. The summed E-state index contributed by atoms with van der Waals surface area (Å²) in [6, 6.07) is 10.4. The fraction of sp³-hybridized carbons (Fsp3) is 0.679. The summed E-state index contributed by atoms with van der Waals surface area (Å²) in [5.41, 5.74) is 1.26. The number of benzene rings is 1. The van der Waals surface area contributed by atoms with Crippen LogP contribution in [0.5, 0.6) is 0 Å². The van der Waals surface area contributed by atoms with E-state index in [1.807, 2.05) is 32.0 Å². The Kier molecular flexibility index (Phi) is 10.6. The summed E-state index contributed by atoms with van der Waals surface area (Å²) >= 11 is 0. The van der Waals surface area contributed by atoms with E-state index in [4.69, 9.17) is 14.2 Å². The number of hydrogen-bond acceptors (Lipinski definition) is 6. The van der Waals surface area contributed by atoms with Crippen LogP contribution in [0.1, 0.15) is 70.8 Å². The molecule has 4 atom stereocenters. The van der Waals surface area contributed by atoms with Gasteiger partial charge in [0, 0.05) is 19.3 Å². The minimum atomic E-state index is -0.603. The van der Waals surface area contributed by atoms with E-state index in [0.717, 1.165) is 38.5 Å². The summed E-state index contributed by atoms with van der Waals surface area (Å²) in [5, 5.41) is 21.2. The van der Waals surface area contributed by atoms with Crippen LogP contribution in [-0.2, 0) is 25.4 Å². The summed E-state index contributed by atoms with van der Waals surface area (Å²) in [6.07, 6.45) is 9.31. The predicted octanol–water partition coefficient (Wildman–Crippen LogP) is 4.57. The molecule has 0 bridgehead atoms. The van der Waals surface area contributed by atoms with Crippen LogP contribution in [0.25, 0.3) is 0 Å². The van der Waals surface area contributed by atoms with Gasteiger partial charge in [-0.15, -0.1) is 0 Å². The number of carbonyl (C=O) groups is 1. The summed E-state index contributed by atoms with van der Waals surface area (Å²) in [7, 11) is 0. The first kappa shape index (κ1) is 26.9. The van der Waals surface area contributed by atoms with Crippen LogP contribution in [0.3, 0.4) is 0 Å². The molecule has 0 aromatic heterocycles. The Labute approximate surface area is 204 Å². The largest absolute Gasteiger partial charge is 0.463 e. The number of unbranched alkanes of at least 4 members (excludes halogenated alkanes) is 1. The Morgan fingerprint density at radius 2 is 1.79 bits per heavy atom. The lowest BCUT2D eigenvalue weighted by molar-refractivity contribution is -0.170. The number of rotatable bonds is 13. The molecule has 3 rings (SSSR count). The minimum Gasteiger partial charge on any atom is -0.463 e. The van der Waals surface area contributed by atoms with E-state index in [2.05, 4.69) is 24.3 Å². The van der Waals surface area contributed by atoms with Crippen molar-refractivity contribution in [1.82, 2.24) is 0 Å². The van der Waals surface area contributed by atoms with Crippen molar-refractivity contribution in [1.29, 1.82) is 0 Å². The lowest BCUT2D eigenvalue weighted by atomic mass is 9.85. The molecule has 2 fully saturated rings. The third kappa shape index (κ3) is 8.19. The normalized spacial score (nSPS) is 26.5. The van der Waals surface area contributed by atoms with E-state index in [1.165, 1.54) is 5.56 Å². The molecule has 34 heavy (non-hydrogen) atoms. The number of aliphatic hydroxyl groups excluding tert-OH is 2. The average Bonchev–Trinajstić information content (AvgIpc) is 3.38. The van der Waals surface area contributed by atoms with E-state index < -0.39 is 18.0 Å². The molecule has 1 heterocycles. The van der Waals surface area contributed by atoms with E-state index in [-0.39, 0.29) is 23.9 Å². The van der Waals surface area contributed by atoms with Crippen molar-refractivity contribution in [3.05, 3.63) is 48.0 Å². The molecule has 190 valence electrons. The van der Waals surface area contributed by atoms with Gasteiger partial charge in [0.15, 0.2) is 5.79 Å². The summed E-state index contributed by atoms with van der Waals surface area (Å²) in [4.78, 5) is 11.6. The summed E-state index contributed by atoms with van der Waals surface area (Å²) in [5.74, 6) is -0.726. The first-order valence-electron chi connectivity index (χ1n) is 12.9. The quantitative estimate of drug-likeness (QED) is 0.248. The lowest BCUT2D eigenvalue weighted by Crippen LogP contribution is -2.33. The van der Waals surface area contributed by atoms with Crippen LogP contribution >= 0.6 is 0 Å². The molecule has 1 aromatic rings. The molecule has 6 heteroatoms. The van der Waals surface area contributed by atoms with Crippen molar-refractivity contribution in [2.75, 3.05) is 13.2 Å². The molecular weight excluding hydrogens is 432 g/mol. The fourth-order valence-electron chi connectivity index (χ4n) is 5.24. The fourth-order valence-corrected chi connectivity index (χ4v) is 5.24. The highest BCUT2D eigenvalue weighted by Crippen LogP contribution is 2.41. The van der Waals surface area contributed by atoms with E-state index in [0.29, 0.717) is 32.5 Å². The molecule has 2 N–H and O–H groups in total. The Hall–Kier alpha value is -1.73. The zero-order valence-electron chi connectivity index (χ0n) is 20.7. The van der Waals surface area contributed by atoms with Gasteiger partial charge in [-0.25, -0.2) is 0 Å². The van der Waals surface area contributed by atoms with Crippen molar-refractivity contribution in [3.63, 3.8) is 0 Å². The monoisotopic (exact) mass is 474 g/mol. The number of ether oxygens (including phenoxy) is 3. The van der Waals surface area contributed by atoms with Gasteiger partial charge in [-0.05, 0) is 69.8 Å². The van der Waals surface area contributed by atoms with Crippen molar-refractivity contribution < 1.29 is 29.2 Å². The van der Waals surface area contributed by atoms with Gasteiger partial charge in [0.05, 0.1) is 31.5 Å². The average molecular weight is 475 g/mol. The second-order valence-electron chi connectivity index (χ2n) is 9.97. The number of carbonyl (C=O) groups excluding carboxylic acids is 1. The molecule has 1 saturated heterocycles. The maximum Gasteiger partial charge on any atom is 0.306 e. The SMILES string of the molecule is CC(C)OC(=O)CCCC=CC[C@H]1C(O)C[C@@H](O)[C@@H]1CCC1(CCc2ccccc2)OCCO1. The van der Waals surface area contributed by atoms with Crippen molar-refractivity contribution >= 4 is 5.97 Å². The molecule has 0 amide bonds. The minimum absolute atomic E-state index is 0.0158. The summed E-state index contributed by atoms with van der Waals surface area (Å²) < 4.78 is 17.3. The van der Waals surface area contributed by atoms with E-state index >= 15 is 0 Å². The maximum absolute atomic E-state index is 11.6. The Bertz CT molecular complexity index is 755. The standard InChI is InChI=1S/C28H42O6/c1-21(2)34-27(31)13-9-4-3-8-12-23-24(26(30)20-25(23)29)15-17-28(32-18-19-33-28)16-14-22-10-6-5-7-11-22/h3,5-8,10-11,21,23-26,29-30H,4,9,12-20H2,1-2H3/t23-,24-,25?,26-/m1/s1. The zero-order valence-corrected chi connectivity index (χ0v) is 20.7. The van der Waals surface area contributed by atoms with Gasteiger partial charge in [0.2, 0.25) is 0 Å². The van der Waals surface area contributed by atoms with Crippen LogP contribution in [0.4, 0.5) is 0 Å². The van der Waals surface area contributed by atoms with E-state index in [9.17, 15) is 15.0 Å². The zero-order chi connectivity index (χ0) is 24.4. The molecule has 2 aliphatic rings. The molecule has 1 unspecified atom stereocenters. The van der Waals surface area contributed by atoms with Crippen LogP contribution in [-0.4, -0.2) is 53.5 Å². The second kappa shape index (κ2) is 13.4. The van der Waals surface area contributed by atoms with Crippen molar-refractivity contribution in [2.45, 2.75) is 95.7 Å². The smallest absolute Gasteiger partial charge is 0.306 e. The van der Waals surface area contributed by atoms with Gasteiger partial charge < -0.3 is 24.4 Å². The number of hydrogen-bond donors (Lipinski definition) is 2. The van der Waals surface area contributed by atoms with Gasteiger partial charge in [-0.2, -0.15) is 0 Å². The Morgan fingerprint density at radius 3 is 2.50 bits per heavy atom. The van der Waals surface area contributed by atoms with Gasteiger partial charge >= 0.3 is 5.97 Å². The van der Waals surface area contributed by atoms with Crippen LogP contribution in [0.2, 0.25) is 0 Å². The molecule has 1 aromatic carbocycles. The Balaban J connectivity index is 1.47. The van der Waals surface area contributed by atoms with Crippen LogP contribution in [0.15, 0.2) is 42.5 Å².